The van der Waals surface area contributed by atoms with E-state index >= 15 is 0 Å². The highest BCUT2D eigenvalue weighted by Gasteiger charge is 2.21. The second-order valence-electron chi connectivity index (χ2n) is 7.32. The molecule has 0 atom stereocenters. The van der Waals surface area contributed by atoms with Crippen molar-refractivity contribution in [1.29, 1.82) is 0 Å². The first kappa shape index (κ1) is 19.0. The summed E-state index contributed by atoms with van der Waals surface area (Å²) in [6.45, 7) is 0. The van der Waals surface area contributed by atoms with Crippen molar-refractivity contribution in [1.82, 2.24) is 19.7 Å². The van der Waals surface area contributed by atoms with Gasteiger partial charge in [-0.2, -0.15) is 9.78 Å². The molecule has 156 valence electrons. The summed E-state index contributed by atoms with van der Waals surface area (Å²) < 4.78 is 19.9. The number of hydrogen-bond donors (Lipinski definition) is 2. The first-order valence-corrected chi connectivity index (χ1v) is 9.87. The Bertz CT molecular complexity index is 1310. The zero-order valence-corrected chi connectivity index (χ0v) is 16.4. The summed E-state index contributed by atoms with van der Waals surface area (Å²) in [5.74, 6) is 0.385. The van der Waals surface area contributed by atoms with E-state index in [1.54, 1.807) is 30.3 Å². The fraction of sp³-hybridized carbons (Fsp3) is 0.182. The Hall–Kier alpha value is -4.01. The minimum atomic E-state index is -0.364. The van der Waals surface area contributed by atoms with Crippen LogP contribution < -0.4 is 10.9 Å². The van der Waals surface area contributed by atoms with E-state index in [0.29, 0.717) is 34.8 Å². The molecule has 31 heavy (non-hydrogen) atoms. The largest absolute Gasteiger partial charge is 0.463 e. The van der Waals surface area contributed by atoms with Crippen molar-refractivity contribution in [2.24, 2.45) is 0 Å². The topological polar surface area (TPSA) is 106 Å². The number of furan rings is 1. The number of nitrogens with zero attached hydrogens (tertiary/aromatic N) is 3. The molecule has 3 aromatic heterocycles. The van der Waals surface area contributed by atoms with Crippen LogP contribution in [0.5, 0.6) is 0 Å². The van der Waals surface area contributed by atoms with Crippen LogP contribution in [0.3, 0.4) is 0 Å². The zero-order chi connectivity index (χ0) is 21.4. The van der Waals surface area contributed by atoms with Crippen LogP contribution in [0.4, 0.5) is 10.2 Å². The van der Waals surface area contributed by atoms with E-state index in [1.807, 2.05) is 0 Å². The molecule has 9 heteroatoms. The number of hydrogen-bond acceptors (Lipinski definition) is 5. The molecule has 0 aliphatic heterocycles. The van der Waals surface area contributed by atoms with Crippen LogP contribution in [0.2, 0.25) is 0 Å². The van der Waals surface area contributed by atoms with Crippen LogP contribution in [0.25, 0.3) is 17.4 Å². The van der Waals surface area contributed by atoms with Gasteiger partial charge in [-0.3, -0.25) is 14.6 Å². The average molecular weight is 419 g/mol. The number of H-pyrrole nitrogens is 1. The van der Waals surface area contributed by atoms with Gasteiger partial charge < -0.3 is 9.73 Å². The fourth-order valence-corrected chi connectivity index (χ4v) is 3.68. The maximum absolute atomic E-state index is 13.1. The highest BCUT2D eigenvalue weighted by atomic mass is 19.1. The Morgan fingerprint density at radius 2 is 2.06 bits per heavy atom. The minimum Gasteiger partial charge on any atom is -0.463 e. The molecule has 0 saturated carbocycles. The molecule has 2 N–H and O–H groups in total. The number of nitrogens with one attached hydrogen (secondary N) is 2. The lowest BCUT2D eigenvalue weighted by atomic mass is 10.1. The number of carbonyl (C=O) groups is 1. The second kappa shape index (κ2) is 7.67. The quantitative estimate of drug-likeness (QED) is 0.517. The van der Waals surface area contributed by atoms with E-state index in [9.17, 15) is 14.0 Å². The standard InChI is InChI=1S/C22H18FN5O3/c23-14-8-6-13(7-9-14)11-20(29)25-19-12-17(18-5-2-10-31-18)27-28(19)22-24-16-4-1-3-15(16)21(30)26-22/h2,5-10,12H,1,3-4,11H2,(H,25,29)(H,24,26,30). The molecule has 1 aliphatic rings. The summed E-state index contributed by atoms with van der Waals surface area (Å²) in [5, 5.41) is 7.29. The zero-order valence-electron chi connectivity index (χ0n) is 16.4. The molecule has 1 aliphatic carbocycles. The van der Waals surface area contributed by atoms with Crippen LogP contribution in [-0.2, 0) is 24.1 Å². The predicted molar refractivity (Wildman–Crippen MR) is 110 cm³/mol. The molecule has 0 bridgehead atoms. The summed E-state index contributed by atoms with van der Waals surface area (Å²) >= 11 is 0. The smallest absolute Gasteiger partial charge is 0.255 e. The number of aryl methyl sites for hydroxylation is 1. The van der Waals surface area contributed by atoms with Crippen molar-refractivity contribution >= 4 is 11.7 Å². The van der Waals surface area contributed by atoms with E-state index in [-0.39, 0.29) is 29.7 Å². The number of aromatic amines is 1. The number of carbonyl (C=O) groups excluding carboxylic acids is 1. The maximum Gasteiger partial charge on any atom is 0.255 e. The van der Waals surface area contributed by atoms with Gasteiger partial charge in [-0.1, -0.05) is 12.1 Å². The molecule has 0 saturated heterocycles. The number of anilines is 1. The predicted octanol–water partition coefficient (Wildman–Crippen LogP) is 3.02. The molecule has 8 nitrogen and oxygen atoms in total. The Morgan fingerprint density at radius 1 is 1.23 bits per heavy atom. The highest BCUT2D eigenvalue weighted by molar-refractivity contribution is 5.92. The van der Waals surface area contributed by atoms with Gasteiger partial charge in [0.05, 0.1) is 18.4 Å². The average Bonchev–Trinajstić information content (AvgIpc) is 3.50. The third kappa shape index (κ3) is 3.77. The van der Waals surface area contributed by atoms with Crippen molar-refractivity contribution < 1.29 is 13.6 Å². The van der Waals surface area contributed by atoms with E-state index < -0.39 is 0 Å². The lowest BCUT2D eigenvalue weighted by Crippen LogP contribution is -2.21. The van der Waals surface area contributed by atoms with Crippen molar-refractivity contribution in [3.63, 3.8) is 0 Å². The summed E-state index contributed by atoms with van der Waals surface area (Å²) in [7, 11) is 0. The molecule has 1 amide bonds. The highest BCUT2D eigenvalue weighted by Crippen LogP contribution is 2.25. The Morgan fingerprint density at radius 3 is 2.84 bits per heavy atom. The normalized spacial score (nSPS) is 12.7. The van der Waals surface area contributed by atoms with Gasteiger partial charge in [0, 0.05) is 11.6 Å². The summed E-state index contributed by atoms with van der Waals surface area (Å²) in [5.41, 5.74) is 2.39. The van der Waals surface area contributed by atoms with Gasteiger partial charge in [0.25, 0.3) is 5.56 Å². The van der Waals surface area contributed by atoms with Gasteiger partial charge in [-0.15, -0.1) is 0 Å². The van der Waals surface area contributed by atoms with E-state index in [2.05, 4.69) is 20.4 Å². The number of halogens is 1. The van der Waals surface area contributed by atoms with Gasteiger partial charge >= 0.3 is 0 Å². The SMILES string of the molecule is O=C(Cc1ccc(F)cc1)Nc1cc(-c2ccco2)nn1-c1nc2c(c(=O)[nH]1)CCC2. The molecular formula is C22H18FN5O3. The molecule has 0 unspecified atom stereocenters. The monoisotopic (exact) mass is 419 g/mol. The van der Waals surface area contributed by atoms with Gasteiger partial charge in [0.2, 0.25) is 11.9 Å². The molecule has 5 rings (SSSR count). The molecule has 0 spiro atoms. The Labute approximate surface area is 175 Å². The Kier molecular flexibility index (Phi) is 4.70. The number of amides is 1. The van der Waals surface area contributed by atoms with Crippen LogP contribution in [-0.4, -0.2) is 25.7 Å². The first-order chi connectivity index (χ1) is 15.1. The van der Waals surface area contributed by atoms with Crippen molar-refractivity contribution in [2.45, 2.75) is 25.7 Å². The summed E-state index contributed by atoms with van der Waals surface area (Å²) in [4.78, 5) is 32.4. The second-order valence-corrected chi connectivity index (χ2v) is 7.32. The summed E-state index contributed by atoms with van der Waals surface area (Å²) in [6, 6.07) is 10.9. The van der Waals surface area contributed by atoms with Crippen molar-refractivity contribution in [3.8, 4) is 17.4 Å². The lowest BCUT2D eigenvalue weighted by Gasteiger charge is -2.09. The molecule has 1 aromatic carbocycles. The van der Waals surface area contributed by atoms with E-state index in [0.717, 1.165) is 18.5 Å². The number of rotatable bonds is 5. The molecule has 3 heterocycles. The van der Waals surface area contributed by atoms with Crippen molar-refractivity contribution in [2.75, 3.05) is 5.32 Å². The summed E-state index contributed by atoms with van der Waals surface area (Å²) in [6.07, 6.45) is 3.89. The molecule has 4 aromatic rings. The lowest BCUT2D eigenvalue weighted by molar-refractivity contribution is -0.115. The first-order valence-electron chi connectivity index (χ1n) is 9.87. The third-order valence-corrected chi connectivity index (χ3v) is 5.16. The van der Waals surface area contributed by atoms with Crippen LogP contribution in [0.15, 0.2) is 57.9 Å². The molecular weight excluding hydrogens is 401 g/mol. The van der Waals surface area contributed by atoms with Crippen molar-refractivity contribution in [3.05, 3.63) is 81.7 Å². The van der Waals surface area contributed by atoms with Gasteiger partial charge in [-0.05, 0) is 49.1 Å². The van der Waals surface area contributed by atoms with E-state index in [1.165, 1.54) is 23.1 Å². The maximum atomic E-state index is 13.1. The number of aromatic nitrogens is 4. The van der Waals surface area contributed by atoms with Gasteiger partial charge in [0.1, 0.15) is 17.3 Å². The fourth-order valence-electron chi connectivity index (χ4n) is 3.68. The van der Waals surface area contributed by atoms with Crippen LogP contribution in [0, 0.1) is 5.82 Å². The number of benzene rings is 1. The number of fused-ring (bicyclic) bond motifs is 1. The van der Waals surface area contributed by atoms with Gasteiger partial charge in [0.15, 0.2) is 5.76 Å². The molecule has 0 fully saturated rings. The van der Waals surface area contributed by atoms with E-state index in [4.69, 9.17) is 4.42 Å². The molecule has 0 radical (unpaired) electrons. The van der Waals surface area contributed by atoms with Crippen LogP contribution >= 0.6 is 0 Å². The Balaban J connectivity index is 1.50. The third-order valence-electron chi connectivity index (χ3n) is 5.16. The van der Waals surface area contributed by atoms with Crippen LogP contribution in [0.1, 0.15) is 23.2 Å². The minimum absolute atomic E-state index is 0.0513. The van der Waals surface area contributed by atoms with Gasteiger partial charge in [-0.25, -0.2) is 9.37 Å².